The SMILES string of the molecule is O=C1CC(Cc2ccccc2)CC(=O)N1Cc1ccccc1. The topological polar surface area (TPSA) is 37.4 Å². The Balaban J connectivity index is 1.64. The number of nitrogens with zero attached hydrogens (tertiary/aromatic N) is 1. The van der Waals surface area contributed by atoms with E-state index in [4.69, 9.17) is 0 Å². The predicted molar refractivity (Wildman–Crippen MR) is 84.9 cm³/mol. The summed E-state index contributed by atoms with van der Waals surface area (Å²) in [5.74, 6) is 0.0106. The van der Waals surface area contributed by atoms with Crippen molar-refractivity contribution in [1.29, 1.82) is 0 Å². The molecule has 0 bridgehead atoms. The van der Waals surface area contributed by atoms with Gasteiger partial charge in [-0.2, -0.15) is 0 Å². The van der Waals surface area contributed by atoms with Crippen LogP contribution in [-0.2, 0) is 22.6 Å². The van der Waals surface area contributed by atoms with Crippen LogP contribution < -0.4 is 0 Å². The number of carbonyl (C=O) groups excluding carboxylic acids is 2. The van der Waals surface area contributed by atoms with Gasteiger partial charge in [0.15, 0.2) is 0 Å². The largest absolute Gasteiger partial charge is 0.278 e. The zero-order valence-electron chi connectivity index (χ0n) is 12.4. The molecule has 22 heavy (non-hydrogen) atoms. The third kappa shape index (κ3) is 3.42. The third-order valence-corrected chi connectivity index (χ3v) is 4.08. The molecule has 2 amide bonds. The number of carbonyl (C=O) groups is 2. The zero-order valence-corrected chi connectivity index (χ0v) is 12.4. The van der Waals surface area contributed by atoms with E-state index in [9.17, 15) is 9.59 Å². The van der Waals surface area contributed by atoms with Crippen molar-refractivity contribution >= 4 is 11.8 Å². The lowest BCUT2D eigenvalue weighted by atomic mass is 9.89. The second-order valence-electron chi connectivity index (χ2n) is 5.82. The summed E-state index contributed by atoms with van der Waals surface area (Å²) in [6.07, 6.45) is 1.69. The molecule has 112 valence electrons. The molecule has 3 heteroatoms. The van der Waals surface area contributed by atoms with Crippen LogP contribution in [0.2, 0.25) is 0 Å². The lowest BCUT2D eigenvalue weighted by Gasteiger charge is -2.30. The van der Waals surface area contributed by atoms with Gasteiger partial charge in [0, 0.05) is 12.8 Å². The van der Waals surface area contributed by atoms with Gasteiger partial charge in [-0.3, -0.25) is 14.5 Å². The van der Waals surface area contributed by atoms with Crippen LogP contribution in [0.4, 0.5) is 0 Å². The molecule has 1 aliphatic rings. The van der Waals surface area contributed by atoms with Gasteiger partial charge in [0.25, 0.3) is 0 Å². The van der Waals surface area contributed by atoms with Crippen molar-refractivity contribution in [3.05, 3.63) is 71.8 Å². The quantitative estimate of drug-likeness (QED) is 0.812. The van der Waals surface area contributed by atoms with Crippen LogP contribution in [0.1, 0.15) is 24.0 Å². The summed E-state index contributed by atoms with van der Waals surface area (Å²) in [4.78, 5) is 26.0. The molecular weight excluding hydrogens is 274 g/mol. The van der Waals surface area contributed by atoms with Crippen LogP contribution in [0.3, 0.4) is 0 Å². The molecule has 1 fully saturated rings. The van der Waals surface area contributed by atoms with Crippen molar-refractivity contribution in [1.82, 2.24) is 4.90 Å². The molecule has 0 atom stereocenters. The smallest absolute Gasteiger partial charge is 0.229 e. The Morgan fingerprint density at radius 3 is 1.82 bits per heavy atom. The Morgan fingerprint density at radius 1 is 0.773 bits per heavy atom. The van der Waals surface area contributed by atoms with Crippen LogP contribution in [0.15, 0.2) is 60.7 Å². The molecule has 0 saturated carbocycles. The first-order chi connectivity index (χ1) is 10.7. The van der Waals surface area contributed by atoms with Gasteiger partial charge < -0.3 is 0 Å². The minimum atomic E-state index is -0.0546. The number of piperidine rings is 1. The van der Waals surface area contributed by atoms with E-state index >= 15 is 0 Å². The summed E-state index contributed by atoms with van der Waals surface area (Å²) >= 11 is 0. The number of hydrogen-bond donors (Lipinski definition) is 0. The first kappa shape index (κ1) is 14.5. The first-order valence-electron chi connectivity index (χ1n) is 7.63. The van der Waals surface area contributed by atoms with Gasteiger partial charge in [0.1, 0.15) is 0 Å². The lowest BCUT2D eigenvalue weighted by molar-refractivity contribution is -0.150. The maximum Gasteiger partial charge on any atom is 0.229 e. The number of likely N-dealkylation sites (tertiary alicyclic amines) is 1. The Labute approximate surface area is 130 Å². The first-order valence-corrected chi connectivity index (χ1v) is 7.63. The molecule has 1 saturated heterocycles. The average Bonchev–Trinajstić information content (AvgIpc) is 2.53. The molecule has 0 N–H and O–H groups in total. The Hall–Kier alpha value is -2.42. The van der Waals surface area contributed by atoms with Crippen molar-refractivity contribution in [2.24, 2.45) is 5.92 Å². The van der Waals surface area contributed by atoms with E-state index in [-0.39, 0.29) is 17.7 Å². The number of rotatable bonds is 4. The normalized spacial score (nSPS) is 16.1. The summed E-state index contributed by atoms with van der Waals surface area (Å²) in [6, 6.07) is 19.7. The van der Waals surface area contributed by atoms with Crippen molar-refractivity contribution in [2.75, 3.05) is 0 Å². The molecule has 0 aromatic heterocycles. The summed E-state index contributed by atoms with van der Waals surface area (Å²) < 4.78 is 0. The van der Waals surface area contributed by atoms with Crippen LogP contribution in [-0.4, -0.2) is 16.7 Å². The average molecular weight is 293 g/mol. The van der Waals surface area contributed by atoms with E-state index in [2.05, 4.69) is 0 Å². The highest BCUT2D eigenvalue weighted by Gasteiger charge is 2.32. The van der Waals surface area contributed by atoms with Crippen LogP contribution in [0.25, 0.3) is 0 Å². The number of hydrogen-bond acceptors (Lipinski definition) is 2. The van der Waals surface area contributed by atoms with E-state index in [1.807, 2.05) is 60.7 Å². The molecule has 2 aromatic rings. The second kappa shape index (κ2) is 6.56. The van der Waals surface area contributed by atoms with Gasteiger partial charge in [-0.15, -0.1) is 0 Å². The number of amides is 2. The van der Waals surface area contributed by atoms with Gasteiger partial charge in [-0.25, -0.2) is 0 Å². The lowest BCUT2D eigenvalue weighted by Crippen LogP contribution is -2.43. The third-order valence-electron chi connectivity index (χ3n) is 4.08. The molecule has 0 spiro atoms. The van der Waals surface area contributed by atoms with Gasteiger partial charge in [0.05, 0.1) is 6.54 Å². The fourth-order valence-corrected chi connectivity index (χ4v) is 2.96. The van der Waals surface area contributed by atoms with Crippen molar-refractivity contribution < 1.29 is 9.59 Å². The maximum absolute atomic E-state index is 12.3. The molecule has 0 unspecified atom stereocenters. The highest BCUT2D eigenvalue weighted by atomic mass is 16.2. The maximum atomic E-state index is 12.3. The zero-order chi connectivity index (χ0) is 15.4. The summed E-state index contributed by atoms with van der Waals surface area (Å²) in [5, 5.41) is 0. The summed E-state index contributed by atoms with van der Waals surface area (Å²) in [7, 11) is 0. The van der Waals surface area contributed by atoms with E-state index in [0.717, 1.165) is 12.0 Å². The monoisotopic (exact) mass is 293 g/mol. The van der Waals surface area contributed by atoms with Crippen LogP contribution >= 0.6 is 0 Å². The van der Waals surface area contributed by atoms with E-state index in [1.165, 1.54) is 10.5 Å². The minimum Gasteiger partial charge on any atom is -0.278 e. The number of imide groups is 1. The van der Waals surface area contributed by atoms with Crippen LogP contribution in [0, 0.1) is 5.92 Å². The molecule has 3 rings (SSSR count). The summed E-state index contributed by atoms with van der Waals surface area (Å²) in [6.45, 7) is 0.385. The number of benzene rings is 2. The van der Waals surface area contributed by atoms with Crippen molar-refractivity contribution in [3.63, 3.8) is 0 Å². The molecule has 1 aliphatic heterocycles. The standard InChI is InChI=1S/C19H19NO2/c21-18-12-17(11-15-7-3-1-4-8-15)13-19(22)20(18)14-16-9-5-2-6-10-16/h1-10,17H,11-14H2. The molecule has 3 nitrogen and oxygen atoms in total. The van der Waals surface area contributed by atoms with Gasteiger partial charge >= 0.3 is 0 Å². The van der Waals surface area contributed by atoms with E-state index < -0.39 is 0 Å². The highest BCUT2D eigenvalue weighted by Crippen LogP contribution is 2.24. The van der Waals surface area contributed by atoms with Crippen molar-refractivity contribution in [2.45, 2.75) is 25.8 Å². The minimum absolute atomic E-state index is 0.0546. The van der Waals surface area contributed by atoms with Gasteiger partial charge in [0.2, 0.25) is 11.8 Å². The summed E-state index contributed by atoms with van der Waals surface area (Å²) in [5.41, 5.74) is 2.18. The molecule has 1 heterocycles. The molecule has 0 aliphatic carbocycles. The van der Waals surface area contributed by atoms with E-state index in [1.54, 1.807) is 0 Å². The Bertz CT molecular complexity index is 634. The van der Waals surface area contributed by atoms with Crippen molar-refractivity contribution in [3.8, 4) is 0 Å². The van der Waals surface area contributed by atoms with E-state index in [0.29, 0.717) is 19.4 Å². The second-order valence-corrected chi connectivity index (χ2v) is 5.82. The molecule has 2 aromatic carbocycles. The predicted octanol–water partition coefficient (Wildman–Crippen LogP) is 3.19. The fraction of sp³-hybridized carbons (Fsp3) is 0.263. The van der Waals surface area contributed by atoms with Crippen LogP contribution in [0.5, 0.6) is 0 Å². The highest BCUT2D eigenvalue weighted by molar-refractivity contribution is 5.97. The molecular formula is C19H19NO2. The molecule has 0 radical (unpaired) electrons. The fourth-order valence-electron chi connectivity index (χ4n) is 2.96. The van der Waals surface area contributed by atoms with Gasteiger partial charge in [-0.1, -0.05) is 60.7 Å². The Kier molecular flexibility index (Phi) is 4.33. The van der Waals surface area contributed by atoms with Gasteiger partial charge in [-0.05, 0) is 23.5 Å². The Morgan fingerprint density at radius 2 is 1.27 bits per heavy atom.